The van der Waals surface area contributed by atoms with Crippen LogP contribution in [0.1, 0.15) is 26.3 Å². The molecule has 0 saturated heterocycles. The summed E-state index contributed by atoms with van der Waals surface area (Å²) >= 11 is 0. The van der Waals surface area contributed by atoms with Crippen molar-refractivity contribution < 1.29 is 22.7 Å². The van der Waals surface area contributed by atoms with Gasteiger partial charge in [-0.05, 0) is 66.2 Å². The van der Waals surface area contributed by atoms with Crippen molar-refractivity contribution in [1.29, 1.82) is 0 Å². The van der Waals surface area contributed by atoms with E-state index in [1.54, 1.807) is 60.7 Å². The number of sulfonamides is 1. The number of carbonyl (C=O) groups is 2. The van der Waals surface area contributed by atoms with E-state index in [1.165, 1.54) is 12.1 Å². The number of nitrogens with one attached hydrogen (secondary N) is 1. The summed E-state index contributed by atoms with van der Waals surface area (Å²) in [5.41, 5.74) is 6.60. The van der Waals surface area contributed by atoms with Gasteiger partial charge in [-0.15, -0.1) is 0 Å². The summed E-state index contributed by atoms with van der Waals surface area (Å²) in [7, 11) is -3.80. The van der Waals surface area contributed by atoms with Crippen LogP contribution in [0.25, 0.3) is 0 Å². The molecule has 0 heterocycles. The van der Waals surface area contributed by atoms with Gasteiger partial charge in [0.2, 0.25) is 15.9 Å². The van der Waals surface area contributed by atoms with Gasteiger partial charge in [0.05, 0.1) is 4.90 Å². The number of hydrogen-bond donors (Lipinski definition) is 3. The molecule has 2 amide bonds. The minimum absolute atomic E-state index is 0.0142. The van der Waals surface area contributed by atoms with Gasteiger partial charge >= 0.3 is 0 Å². The van der Waals surface area contributed by atoms with Crippen LogP contribution in [0.5, 0.6) is 11.5 Å². The Balaban J connectivity index is 1.60. The molecule has 8 nitrogen and oxygen atoms in total. The van der Waals surface area contributed by atoms with Gasteiger partial charge in [0.25, 0.3) is 5.91 Å². The van der Waals surface area contributed by atoms with Gasteiger partial charge in [-0.2, -0.15) is 0 Å². The zero-order chi connectivity index (χ0) is 21.7. The Morgan fingerprint density at radius 2 is 1.43 bits per heavy atom. The molecule has 0 aliphatic rings. The summed E-state index contributed by atoms with van der Waals surface area (Å²) < 4.78 is 28.5. The highest BCUT2D eigenvalue weighted by Crippen LogP contribution is 2.22. The highest BCUT2D eigenvalue weighted by molar-refractivity contribution is 7.89. The van der Waals surface area contributed by atoms with E-state index in [9.17, 15) is 18.0 Å². The van der Waals surface area contributed by atoms with Crippen LogP contribution in [0.4, 0.5) is 0 Å². The second-order valence-electron chi connectivity index (χ2n) is 6.39. The number of primary sulfonamides is 1. The zero-order valence-corrected chi connectivity index (χ0v) is 16.6. The van der Waals surface area contributed by atoms with Crippen LogP contribution in [0.15, 0.2) is 77.7 Å². The summed E-state index contributed by atoms with van der Waals surface area (Å²) in [4.78, 5) is 23.4. The standard InChI is InChI=1S/C21H19N3O5S/c22-20(25)15-4-8-17(9-5-15)29-18-10-6-16(7-11-18)21(26)24-13-14-2-1-3-19(12-14)30(23,27)28/h1-12H,13H2,(H2,22,25)(H,24,26)(H2,23,27,28). The first kappa shape index (κ1) is 21.0. The molecule has 0 radical (unpaired) electrons. The summed E-state index contributed by atoms with van der Waals surface area (Å²) in [5, 5.41) is 7.84. The van der Waals surface area contributed by atoms with E-state index in [0.29, 0.717) is 28.2 Å². The van der Waals surface area contributed by atoms with Crippen molar-refractivity contribution in [1.82, 2.24) is 5.32 Å². The van der Waals surface area contributed by atoms with Crippen molar-refractivity contribution >= 4 is 21.8 Å². The molecule has 0 atom stereocenters. The summed E-state index contributed by atoms with van der Waals surface area (Å²) in [6.07, 6.45) is 0. The molecule has 0 saturated carbocycles. The Morgan fingerprint density at radius 1 is 0.867 bits per heavy atom. The first-order chi connectivity index (χ1) is 14.2. The molecule has 5 N–H and O–H groups in total. The molecule has 30 heavy (non-hydrogen) atoms. The third-order valence-corrected chi connectivity index (χ3v) is 5.08. The second-order valence-corrected chi connectivity index (χ2v) is 7.95. The SMILES string of the molecule is NC(=O)c1ccc(Oc2ccc(C(=O)NCc3cccc(S(N)(=O)=O)c3)cc2)cc1. The molecular formula is C21H19N3O5S. The van der Waals surface area contributed by atoms with Crippen LogP contribution in [0.2, 0.25) is 0 Å². The van der Waals surface area contributed by atoms with Crippen LogP contribution in [-0.2, 0) is 16.6 Å². The maximum atomic E-state index is 12.3. The quantitative estimate of drug-likeness (QED) is 0.532. The molecular weight excluding hydrogens is 406 g/mol. The third kappa shape index (κ3) is 5.43. The lowest BCUT2D eigenvalue weighted by atomic mass is 10.2. The maximum Gasteiger partial charge on any atom is 0.251 e. The van der Waals surface area contributed by atoms with Crippen LogP contribution in [-0.4, -0.2) is 20.2 Å². The van der Waals surface area contributed by atoms with Gasteiger partial charge < -0.3 is 15.8 Å². The number of primary amides is 1. The van der Waals surface area contributed by atoms with E-state index < -0.39 is 15.9 Å². The predicted octanol–water partition coefficient (Wildman–Crippen LogP) is 2.16. The molecule has 0 fully saturated rings. The topological polar surface area (TPSA) is 142 Å². The fraction of sp³-hybridized carbons (Fsp3) is 0.0476. The van der Waals surface area contributed by atoms with E-state index >= 15 is 0 Å². The van der Waals surface area contributed by atoms with Gasteiger partial charge in [0.1, 0.15) is 11.5 Å². The molecule has 0 aliphatic heterocycles. The first-order valence-corrected chi connectivity index (χ1v) is 10.3. The summed E-state index contributed by atoms with van der Waals surface area (Å²) in [6.45, 7) is 0.145. The number of carbonyl (C=O) groups excluding carboxylic acids is 2. The molecule has 3 aromatic rings. The fourth-order valence-corrected chi connectivity index (χ4v) is 3.20. The van der Waals surface area contributed by atoms with E-state index in [0.717, 1.165) is 0 Å². The average Bonchev–Trinajstić information content (AvgIpc) is 2.72. The number of nitrogens with two attached hydrogens (primary N) is 2. The monoisotopic (exact) mass is 425 g/mol. The summed E-state index contributed by atoms with van der Waals surface area (Å²) in [5.74, 6) is 0.188. The normalized spacial score (nSPS) is 11.0. The van der Waals surface area contributed by atoms with Gasteiger partial charge in [-0.25, -0.2) is 13.6 Å². The van der Waals surface area contributed by atoms with Crippen molar-refractivity contribution in [2.24, 2.45) is 10.9 Å². The third-order valence-electron chi connectivity index (χ3n) is 4.17. The molecule has 0 unspecified atom stereocenters. The van der Waals surface area contributed by atoms with Crippen molar-refractivity contribution in [2.75, 3.05) is 0 Å². The van der Waals surface area contributed by atoms with Gasteiger partial charge in [0, 0.05) is 17.7 Å². The Morgan fingerprint density at radius 3 is 1.97 bits per heavy atom. The molecule has 0 spiro atoms. The molecule has 154 valence electrons. The first-order valence-electron chi connectivity index (χ1n) is 8.80. The van der Waals surface area contributed by atoms with Gasteiger partial charge in [-0.1, -0.05) is 12.1 Å². The minimum atomic E-state index is -3.80. The Hall–Kier alpha value is -3.69. The lowest BCUT2D eigenvalue weighted by molar-refractivity contribution is 0.0949. The van der Waals surface area contributed by atoms with Crippen LogP contribution < -0.4 is 20.9 Å². The van der Waals surface area contributed by atoms with E-state index in [1.807, 2.05) is 0 Å². The molecule has 0 bridgehead atoms. The smallest absolute Gasteiger partial charge is 0.251 e. The van der Waals surface area contributed by atoms with E-state index in [2.05, 4.69) is 5.32 Å². The van der Waals surface area contributed by atoms with Gasteiger partial charge in [0.15, 0.2) is 0 Å². The number of benzene rings is 3. The highest BCUT2D eigenvalue weighted by atomic mass is 32.2. The Kier molecular flexibility index (Phi) is 6.14. The molecule has 3 rings (SSSR count). The highest BCUT2D eigenvalue weighted by Gasteiger charge is 2.10. The maximum absolute atomic E-state index is 12.3. The summed E-state index contributed by atoms with van der Waals surface area (Å²) in [6, 6.07) is 18.9. The lowest BCUT2D eigenvalue weighted by Gasteiger charge is -2.09. The van der Waals surface area contributed by atoms with Crippen molar-refractivity contribution in [3.63, 3.8) is 0 Å². The molecule has 3 aromatic carbocycles. The number of rotatable bonds is 7. The van der Waals surface area contributed by atoms with Gasteiger partial charge in [-0.3, -0.25) is 9.59 Å². The minimum Gasteiger partial charge on any atom is -0.457 e. The lowest BCUT2D eigenvalue weighted by Crippen LogP contribution is -2.23. The number of hydrogen-bond acceptors (Lipinski definition) is 5. The predicted molar refractivity (Wildman–Crippen MR) is 110 cm³/mol. The number of ether oxygens (including phenoxy) is 1. The molecule has 0 aromatic heterocycles. The van der Waals surface area contributed by atoms with E-state index in [4.69, 9.17) is 15.6 Å². The number of amides is 2. The van der Waals surface area contributed by atoms with Crippen LogP contribution in [0, 0.1) is 0 Å². The molecule has 0 aliphatic carbocycles. The van der Waals surface area contributed by atoms with E-state index in [-0.39, 0.29) is 17.3 Å². The molecule has 9 heteroatoms. The van der Waals surface area contributed by atoms with Crippen molar-refractivity contribution in [3.8, 4) is 11.5 Å². The van der Waals surface area contributed by atoms with Crippen LogP contribution >= 0.6 is 0 Å². The Bertz CT molecular complexity index is 1170. The van der Waals surface area contributed by atoms with Crippen molar-refractivity contribution in [3.05, 3.63) is 89.5 Å². The second kappa shape index (κ2) is 8.76. The Labute approximate surface area is 173 Å². The fourth-order valence-electron chi connectivity index (χ4n) is 2.61. The van der Waals surface area contributed by atoms with Crippen LogP contribution in [0.3, 0.4) is 0 Å². The zero-order valence-electron chi connectivity index (χ0n) is 15.7. The average molecular weight is 425 g/mol. The largest absolute Gasteiger partial charge is 0.457 e. The van der Waals surface area contributed by atoms with Crippen molar-refractivity contribution in [2.45, 2.75) is 11.4 Å².